The van der Waals surface area contributed by atoms with Gasteiger partial charge < -0.3 is 0 Å². The molecular weight excluding hydrogens is 296 g/mol. The molecule has 0 saturated heterocycles. The van der Waals surface area contributed by atoms with E-state index in [2.05, 4.69) is 34.8 Å². The van der Waals surface area contributed by atoms with E-state index in [-0.39, 0.29) is 29.3 Å². The molecule has 0 atom stereocenters. The van der Waals surface area contributed by atoms with Gasteiger partial charge in [-0.2, -0.15) is 0 Å². The molecule has 0 aromatic carbocycles. The first-order valence-electron chi connectivity index (χ1n) is 5.50. The van der Waals surface area contributed by atoms with Crippen molar-refractivity contribution in [2.45, 2.75) is 46.1 Å². The van der Waals surface area contributed by atoms with Crippen molar-refractivity contribution < 1.29 is 0 Å². The van der Waals surface area contributed by atoms with Crippen LogP contribution in [-0.4, -0.2) is 54.3 Å². The molecule has 0 N–H and O–H groups in total. The molecule has 0 unspecified atom stereocenters. The Morgan fingerprint density at radius 2 is 1.14 bits per heavy atom. The monoisotopic (exact) mass is 323 g/mol. The van der Waals surface area contributed by atoms with Crippen LogP contribution >= 0.6 is 0 Å². The number of nitrogens with zero attached hydrogens (tertiary/aromatic N) is 1. The Morgan fingerprint density at radius 1 is 0.786 bits per heavy atom. The Hall–Kier alpha value is 1.08. The molecule has 0 radical (unpaired) electrons. The van der Waals surface area contributed by atoms with Crippen LogP contribution in [0.15, 0.2) is 0 Å². The summed E-state index contributed by atoms with van der Waals surface area (Å²) in [5.74, 6) is 0. The quantitative estimate of drug-likeness (QED) is 0.620. The van der Waals surface area contributed by atoms with Crippen LogP contribution < -0.4 is 0 Å². The molecule has 0 aromatic heterocycles. The van der Waals surface area contributed by atoms with Crippen LogP contribution in [0.2, 0.25) is 33.3 Å². The zero-order valence-corrected chi connectivity index (χ0v) is 14.3. The maximum absolute atomic E-state index is 2.52. The van der Waals surface area contributed by atoms with E-state index < -0.39 is 0 Å². The van der Waals surface area contributed by atoms with Crippen molar-refractivity contribution in [3.05, 3.63) is 0 Å². The Kier molecular flexibility index (Phi) is 10.0. The van der Waals surface area contributed by atoms with Gasteiger partial charge in [0.25, 0.3) is 0 Å². The van der Waals surface area contributed by atoms with Gasteiger partial charge in [-0.05, 0) is 0 Å². The van der Waals surface area contributed by atoms with Gasteiger partial charge in [0.05, 0.1) is 0 Å². The summed E-state index contributed by atoms with van der Waals surface area (Å²) in [6.07, 6.45) is 2.87. The summed E-state index contributed by atoms with van der Waals surface area (Å²) < 4.78 is 0. The fourth-order valence-corrected chi connectivity index (χ4v) is 4.67. The zero-order chi connectivity index (χ0) is 11.0. The zero-order valence-electron chi connectivity index (χ0n) is 10.6. The maximum atomic E-state index is 2.52. The van der Waals surface area contributed by atoms with Crippen molar-refractivity contribution in [2.75, 3.05) is 20.1 Å². The van der Waals surface area contributed by atoms with Crippen molar-refractivity contribution >= 4 is 29.3 Å². The van der Waals surface area contributed by atoms with E-state index in [4.69, 9.17) is 0 Å². The van der Waals surface area contributed by atoms with Crippen LogP contribution in [0.3, 0.4) is 0 Å². The minimum atomic E-state index is -0.350. The predicted octanol–water partition coefficient (Wildman–Crippen LogP) is 3.21. The third kappa shape index (κ3) is 11.2. The van der Waals surface area contributed by atoms with Crippen LogP contribution in [0.25, 0.3) is 0 Å². The molecule has 0 aliphatic rings. The molecule has 86 valence electrons. The van der Waals surface area contributed by atoms with Gasteiger partial charge in [0, 0.05) is 0 Å². The molecule has 0 spiro atoms. The van der Waals surface area contributed by atoms with E-state index in [1.54, 1.807) is 0 Å². The number of hydrogen-bond acceptors (Lipinski definition) is 1. The van der Waals surface area contributed by atoms with E-state index in [1.165, 1.54) is 36.3 Å². The van der Waals surface area contributed by atoms with Crippen LogP contribution in [0.5, 0.6) is 0 Å². The molecule has 0 aliphatic carbocycles. The third-order valence-corrected chi connectivity index (χ3v) is 7.37. The molecule has 0 aromatic rings. The second-order valence-electron chi connectivity index (χ2n) is 4.62. The Bertz CT molecular complexity index is 112. The van der Waals surface area contributed by atoms with Gasteiger partial charge in [0.1, 0.15) is 0 Å². The molecule has 0 heterocycles. The number of hydrogen-bond donors (Lipinski definition) is 0. The van der Waals surface area contributed by atoms with Crippen LogP contribution in [0.4, 0.5) is 0 Å². The van der Waals surface area contributed by atoms with Crippen molar-refractivity contribution in [2.24, 2.45) is 0 Å². The van der Waals surface area contributed by atoms with Crippen molar-refractivity contribution in [1.82, 2.24) is 4.90 Å². The van der Waals surface area contributed by atoms with Crippen molar-refractivity contribution in [3.63, 3.8) is 0 Å². The predicted molar refractivity (Wildman–Crippen MR) is 71.3 cm³/mol. The topological polar surface area (TPSA) is 3.24 Å². The van der Waals surface area contributed by atoms with Crippen LogP contribution in [0.1, 0.15) is 12.8 Å². The van der Waals surface area contributed by atoms with Crippen molar-refractivity contribution in [3.8, 4) is 0 Å². The summed E-state index contributed by atoms with van der Waals surface area (Å²) >= 11 is -0.701. The average Bonchev–Trinajstić information content (AvgIpc) is 2.02. The Balaban J connectivity index is 3.23. The van der Waals surface area contributed by atoms with Crippen LogP contribution in [-0.2, 0) is 0 Å². The van der Waals surface area contributed by atoms with Crippen molar-refractivity contribution in [1.29, 1.82) is 0 Å². The minimum absolute atomic E-state index is 0.350. The average molecular weight is 323 g/mol. The van der Waals surface area contributed by atoms with E-state index in [9.17, 15) is 0 Å². The Morgan fingerprint density at radius 3 is 1.43 bits per heavy atom. The van der Waals surface area contributed by atoms with Crippen LogP contribution in [0, 0.1) is 0 Å². The van der Waals surface area contributed by atoms with Gasteiger partial charge in [-0.25, -0.2) is 0 Å². The summed E-state index contributed by atoms with van der Waals surface area (Å²) in [6, 6.07) is 0. The third-order valence-electron chi connectivity index (χ3n) is 2.29. The molecule has 0 bridgehead atoms. The van der Waals surface area contributed by atoms with E-state index in [1.807, 2.05) is 0 Å². The first-order chi connectivity index (χ1) is 6.52. The first kappa shape index (κ1) is 15.1. The molecule has 1 nitrogen and oxygen atoms in total. The van der Waals surface area contributed by atoms with Gasteiger partial charge >= 0.3 is 100 Å². The second-order valence-corrected chi connectivity index (χ2v) is 15.6. The van der Waals surface area contributed by atoms with Gasteiger partial charge in [0.2, 0.25) is 0 Å². The summed E-state index contributed by atoms with van der Waals surface area (Å²) in [7, 11) is 2.28. The van der Waals surface area contributed by atoms with Gasteiger partial charge in [0.15, 0.2) is 0 Å². The normalized spacial score (nSPS) is 12.0. The van der Waals surface area contributed by atoms with E-state index >= 15 is 0 Å². The summed E-state index contributed by atoms with van der Waals surface area (Å²) in [5.41, 5.74) is 9.82. The Labute approximate surface area is 100 Å². The molecule has 3 heteroatoms. The fourth-order valence-electron chi connectivity index (χ4n) is 1.43. The second kappa shape index (κ2) is 9.31. The number of rotatable bonds is 8. The first-order valence-corrected chi connectivity index (χ1v) is 15.7. The summed E-state index contributed by atoms with van der Waals surface area (Å²) in [4.78, 5) is 2.52. The molecular formula is C11H27As2N. The van der Waals surface area contributed by atoms with Gasteiger partial charge in [-0.3, -0.25) is 0 Å². The molecule has 0 aliphatic heterocycles. The standard InChI is InChI=1S/C11H27As2N/c1-12(2)8-6-10-14(5)11-7-9-13(3)4/h6-11H2,1-5H3. The fraction of sp³-hybridized carbons (Fsp3) is 1.00. The molecule has 0 fully saturated rings. The molecule has 14 heavy (non-hydrogen) atoms. The SMILES string of the molecule is CN(CCC[As](C)C)CCC[As](C)C. The van der Waals surface area contributed by atoms with E-state index in [0.29, 0.717) is 0 Å². The molecule has 0 rings (SSSR count). The van der Waals surface area contributed by atoms with Gasteiger partial charge in [-0.15, -0.1) is 0 Å². The molecule has 0 saturated carbocycles. The summed E-state index contributed by atoms with van der Waals surface area (Å²) in [6.45, 7) is 2.65. The van der Waals surface area contributed by atoms with E-state index in [0.717, 1.165) is 0 Å². The summed E-state index contributed by atoms with van der Waals surface area (Å²) in [5, 5.41) is 3.05. The molecule has 0 amide bonds. The van der Waals surface area contributed by atoms with Gasteiger partial charge in [-0.1, -0.05) is 0 Å².